The fraction of sp³-hybridized carbons (Fsp3) is 0.591. The molecule has 0 spiro atoms. The first kappa shape index (κ1) is 19.4. The molecule has 0 bridgehead atoms. The van der Waals surface area contributed by atoms with Crippen molar-refractivity contribution in [2.45, 2.75) is 31.9 Å². The number of methoxy groups -OCH3 is 1. The van der Waals surface area contributed by atoms with Crippen LogP contribution in [-0.2, 0) is 18.4 Å². The van der Waals surface area contributed by atoms with Crippen LogP contribution in [0.2, 0.25) is 0 Å². The smallest absolute Gasteiger partial charge is 0.127 e. The van der Waals surface area contributed by atoms with Crippen LogP contribution in [0.25, 0.3) is 0 Å². The zero-order valence-electron chi connectivity index (χ0n) is 17.1. The molecule has 6 heteroatoms. The molecule has 1 saturated carbocycles. The summed E-state index contributed by atoms with van der Waals surface area (Å²) in [5, 5.41) is 3.54. The molecule has 0 radical (unpaired) electrons. The molecule has 2 fully saturated rings. The van der Waals surface area contributed by atoms with E-state index in [2.05, 4.69) is 38.9 Å². The fourth-order valence-electron chi connectivity index (χ4n) is 4.47. The lowest BCUT2D eigenvalue weighted by Gasteiger charge is -2.47. The summed E-state index contributed by atoms with van der Waals surface area (Å²) in [6, 6.07) is 8.60. The van der Waals surface area contributed by atoms with Crippen LogP contribution in [0, 0.1) is 5.41 Å². The quantitative estimate of drug-likeness (QED) is 0.758. The molecule has 1 aliphatic carbocycles. The summed E-state index contributed by atoms with van der Waals surface area (Å²) in [7, 11) is 3.81. The van der Waals surface area contributed by atoms with E-state index in [4.69, 9.17) is 9.47 Å². The van der Waals surface area contributed by atoms with E-state index in [1.807, 2.05) is 24.5 Å². The zero-order chi connectivity index (χ0) is 19.4. The highest BCUT2D eigenvalue weighted by molar-refractivity contribution is 5.28. The second kappa shape index (κ2) is 8.64. The Morgan fingerprint density at radius 1 is 1.32 bits per heavy atom. The Hall–Kier alpha value is -1.89. The lowest BCUT2D eigenvalue weighted by Crippen LogP contribution is -2.53. The van der Waals surface area contributed by atoms with Gasteiger partial charge in [0.25, 0.3) is 0 Å². The van der Waals surface area contributed by atoms with E-state index in [0.717, 1.165) is 49.9 Å². The van der Waals surface area contributed by atoms with Crippen molar-refractivity contribution in [2.24, 2.45) is 12.5 Å². The SMILES string of the molecule is COCc1cccc(OCC2(CN3CCNCC3c3nccn3C)CCC2)c1. The number of hydrogen-bond donors (Lipinski definition) is 1. The molecule has 1 aromatic heterocycles. The van der Waals surface area contributed by atoms with Gasteiger partial charge in [0.1, 0.15) is 11.6 Å². The van der Waals surface area contributed by atoms with Crippen LogP contribution in [0.3, 0.4) is 0 Å². The minimum atomic E-state index is 0.248. The molecule has 4 rings (SSSR count). The third kappa shape index (κ3) is 4.24. The summed E-state index contributed by atoms with van der Waals surface area (Å²) in [6.45, 7) is 5.53. The van der Waals surface area contributed by atoms with Gasteiger partial charge < -0.3 is 19.4 Å². The van der Waals surface area contributed by atoms with Crippen molar-refractivity contribution in [3.05, 3.63) is 48.0 Å². The van der Waals surface area contributed by atoms with Gasteiger partial charge >= 0.3 is 0 Å². The van der Waals surface area contributed by atoms with Gasteiger partial charge in [0, 0.05) is 58.1 Å². The molecule has 1 aromatic carbocycles. The van der Waals surface area contributed by atoms with Crippen LogP contribution in [0.15, 0.2) is 36.7 Å². The maximum Gasteiger partial charge on any atom is 0.127 e. The van der Waals surface area contributed by atoms with Gasteiger partial charge in [0.05, 0.1) is 19.3 Å². The number of benzene rings is 1. The summed E-state index contributed by atoms with van der Waals surface area (Å²) >= 11 is 0. The monoisotopic (exact) mass is 384 g/mol. The van der Waals surface area contributed by atoms with Gasteiger partial charge in [-0.3, -0.25) is 4.90 Å². The zero-order valence-corrected chi connectivity index (χ0v) is 17.1. The number of imidazole rings is 1. The van der Waals surface area contributed by atoms with Crippen molar-refractivity contribution in [1.29, 1.82) is 0 Å². The molecular weight excluding hydrogens is 352 g/mol. The van der Waals surface area contributed by atoms with Gasteiger partial charge in [-0.15, -0.1) is 0 Å². The number of ether oxygens (including phenoxy) is 2. The normalized spacial score (nSPS) is 22.0. The average molecular weight is 385 g/mol. The van der Waals surface area contributed by atoms with Gasteiger partial charge in [0.15, 0.2) is 0 Å². The van der Waals surface area contributed by atoms with Gasteiger partial charge in [-0.2, -0.15) is 0 Å². The molecule has 1 saturated heterocycles. The van der Waals surface area contributed by atoms with Crippen molar-refractivity contribution in [3.8, 4) is 5.75 Å². The van der Waals surface area contributed by atoms with Gasteiger partial charge in [-0.25, -0.2) is 4.98 Å². The van der Waals surface area contributed by atoms with E-state index in [9.17, 15) is 0 Å². The number of aromatic nitrogens is 2. The maximum absolute atomic E-state index is 6.27. The number of hydrogen-bond acceptors (Lipinski definition) is 5. The second-order valence-electron chi connectivity index (χ2n) is 8.31. The molecule has 2 aliphatic rings. The van der Waals surface area contributed by atoms with Crippen LogP contribution in [0.4, 0.5) is 0 Å². The first-order chi connectivity index (χ1) is 13.7. The number of piperazine rings is 1. The molecule has 28 heavy (non-hydrogen) atoms. The van der Waals surface area contributed by atoms with Crippen molar-refractivity contribution < 1.29 is 9.47 Å². The van der Waals surface area contributed by atoms with Gasteiger partial charge in [-0.05, 0) is 30.5 Å². The molecule has 1 aliphatic heterocycles. The molecule has 2 heterocycles. The highest BCUT2D eigenvalue weighted by atomic mass is 16.5. The fourth-order valence-corrected chi connectivity index (χ4v) is 4.47. The Morgan fingerprint density at radius 3 is 2.93 bits per heavy atom. The number of rotatable bonds is 8. The molecule has 1 N–H and O–H groups in total. The van der Waals surface area contributed by atoms with Crippen molar-refractivity contribution in [2.75, 3.05) is 39.9 Å². The Kier molecular flexibility index (Phi) is 5.99. The topological polar surface area (TPSA) is 51.6 Å². The molecule has 0 amide bonds. The number of nitrogens with zero attached hydrogens (tertiary/aromatic N) is 3. The van der Waals surface area contributed by atoms with Crippen LogP contribution in [0.1, 0.15) is 36.7 Å². The summed E-state index contributed by atoms with van der Waals surface area (Å²) in [5.74, 6) is 2.09. The van der Waals surface area contributed by atoms with Crippen LogP contribution >= 0.6 is 0 Å². The third-order valence-corrected chi connectivity index (χ3v) is 6.22. The van der Waals surface area contributed by atoms with Crippen molar-refractivity contribution in [3.63, 3.8) is 0 Å². The Morgan fingerprint density at radius 2 is 2.21 bits per heavy atom. The molecule has 1 atom stereocenters. The summed E-state index contributed by atoms with van der Waals surface area (Å²) in [4.78, 5) is 7.24. The molecule has 1 unspecified atom stereocenters. The Labute approximate surface area is 167 Å². The largest absolute Gasteiger partial charge is 0.493 e. The van der Waals surface area contributed by atoms with E-state index in [-0.39, 0.29) is 5.41 Å². The molecule has 152 valence electrons. The van der Waals surface area contributed by atoms with Gasteiger partial charge in [0.2, 0.25) is 0 Å². The van der Waals surface area contributed by atoms with E-state index < -0.39 is 0 Å². The Balaban J connectivity index is 1.42. The van der Waals surface area contributed by atoms with Crippen LogP contribution < -0.4 is 10.1 Å². The predicted molar refractivity (Wildman–Crippen MR) is 109 cm³/mol. The standard InChI is InChI=1S/C22H32N4O2/c1-25-11-10-24-21(25)20-14-23-9-12-26(20)16-22(7-4-8-22)17-28-19-6-3-5-18(13-19)15-27-2/h3,5-6,10-11,13,20,23H,4,7-9,12,14-17H2,1-2H3. The highest BCUT2D eigenvalue weighted by Crippen LogP contribution is 2.43. The minimum Gasteiger partial charge on any atom is -0.493 e. The summed E-state index contributed by atoms with van der Waals surface area (Å²) < 4.78 is 13.7. The molecule has 6 nitrogen and oxygen atoms in total. The van der Waals surface area contributed by atoms with Crippen LogP contribution in [0.5, 0.6) is 5.75 Å². The Bertz CT molecular complexity index is 771. The minimum absolute atomic E-state index is 0.248. The highest BCUT2D eigenvalue weighted by Gasteiger charge is 2.42. The molecule has 2 aromatic rings. The van der Waals surface area contributed by atoms with E-state index >= 15 is 0 Å². The van der Waals surface area contributed by atoms with E-state index in [0.29, 0.717) is 12.6 Å². The van der Waals surface area contributed by atoms with Crippen molar-refractivity contribution >= 4 is 0 Å². The maximum atomic E-state index is 6.27. The average Bonchev–Trinajstić information content (AvgIpc) is 3.10. The number of aryl methyl sites for hydroxylation is 1. The van der Waals surface area contributed by atoms with Crippen LogP contribution in [-0.4, -0.2) is 54.3 Å². The lowest BCUT2D eigenvalue weighted by atomic mass is 9.68. The summed E-state index contributed by atoms with van der Waals surface area (Å²) in [6.07, 6.45) is 7.71. The lowest BCUT2D eigenvalue weighted by molar-refractivity contribution is -0.00447. The second-order valence-corrected chi connectivity index (χ2v) is 8.31. The first-order valence-corrected chi connectivity index (χ1v) is 10.3. The van der Waals surface area contributed by atoms with E-state index in [1.54, 1.807) is 7.11 Å². The first-order valence-electron chi connectivity index (χ1n) is 10.3. The summed E-state index contributed by atoms with van der Waals surface area (Å²) in [5.41, 5.74) is 1.40. The van der Waals surface area contributed by atoms with Gasteiger partial charge in [-0.1, -0.05) is 18.6 Å². The molecular formula is C22H32N4O2. The third-order valence-electron chi connectivity index (χ3n) is 6.22. The van der Waals surface area contributed by atoms with E-state index in [1.165, 1.54) is 19.3 Å². The van der Waals surface area contributed by atoms with Crippen molar-refractivity contribution in [1.82, 2.24) is 19.8 Å². The predicted octanol–water partition coefficient (Wildman–Crippen LogP) is 2.76. The number of nitrogens with one attached hydrogen (secondary N) is 1.